The van der Waals surface area contributed by atoms with Gasteiger partial charge in [0.2, 0.25) is 5.88 Å². The molecule has 0 fully saturated rings. The van der Waals surface area contributed by atoms with Crippen molar-refractivity contribution in [1.82, 2.24) is 4.98 Å². The zero-order valence-electron chi connectivity index (χ0n) is 7.48. The molecular weight excluding hydrogens is 303 g/mol. The van der Waals surface area contributed by atoms with Crippen molar-refractivity contribution in [3.05, 3.63) is 19.8 Å². The fourth-order valence-corrected chi connectivity index (χ4v) is 1.51. The SMILES string of the molecule is COc1nc(OC)c([N+](=O)[O-])cc1I. The van der Waals surface area contributed by atoms with Gasteiger partial charge in [-0.2, -0.15) is 4.98 Å². The Morgan fingerprint density at radius 2 is 2.00 bits per heavy atom. The van der Waals surface area contributed by atoms with E-state index in [1.54, 1.807) is 0 Å². The molecule has 0 saturated heterocycles. The van der Waals surface area contributed by atoms with Crippen LogP contribution in [-0.2, 0) is 0 Å². The summed E-state index contributed by atoms with van der Waals surface area (Å²) in [5, 5.41) is 10.6. The number of halogens is 1. The van der Waals surface area contributed by atoms with Crippen LogP contribution in [0.1, 0.15) is 0 Å². The molecule has 0 aliphatic carbocycles. The van der Waals surface area contributed by atoms with Crippen molar-refractivity contribution >= 4 is 28.3 Å². The molecular formula is C7H7IN2O4. The average molecular weight is 310 g/mol. The van der Waals surface area contributed by atoms with Crippen molar-refractivity contribution in [2.24, 2.45) is 0 Å². The number of hydrogen-bond acceptors (Lipinski definition) is 5. The third kappa shape index (κ3) is 2.03. The van der Waals surface area contributed by atoms with Gasteiger partial charge >= 0.3 is 5.69 Å². The fourth-order valence-electron chi connectivity index (χ4n) is 0.871. The molecule has 0 unspecified atom stereocenters. The Hall–Kier alpha value is -1.12. The van der Waals surface area contributed by atoms with E-state index in [0.717, 1.165) is 0 Å². The number of pyridine rings is 1. The average Bonchev–Trinajstić information content (AvgIpc) is 2.17. The minimum Gasteiger partial charge on any atom is -0.480 e. The van der Waals surface area contributed by atoms with Crippen LogP contribution >= 0.6 is 22.6 Å². The second-order valence-electron chi connectivity index (χ2n) is 2.26. The van der Waals surface area contributed by atoms with Crippen LogP contribution in [0.3, 0.4) is 0 Å². The molecule has 0 radical (unpaired) electrons. The summed E-state index contributed by atoms with van der Waals surface area (Å²) >= 11 is 1.90. The highest BCUT2D eigenvalue weighted by Gasteiger charge is 2.20. The molecule has 0 saturated carbocycles. The molecule has 6 nitrogen and oxygen atoms in total. The molecule has 0 aromatic carbocycles. The van der Waals surface area contributed by atoms with Crippen LogP contribution in [0.5, 0.6) is 11.8 Å². The van der Waals surface area contributed by atoms with Crippen LogP contribution in [0.15, 0.2) is 6.07 Å². The van der Waals surface area contributed by atoms with Gasteiger partial charge in [-0.05, 0) is 22.6 Å². The number of nitrogens with zero attached hydrogens (tertiary/aromatic N) is 2. The number of nitro groups is 1. The van der Waals surface area contributed by atoms with Crippen molar-refractivity contribution in [2.45, 2.75) is 0 Å². The van der Waals surface area contributed by atoms with Gasteiger partial charge in [-0.1, -0.05) is 0 Å². The van der Waals surface area contributed by atoms with Crippen molar-refractivity contribution in [3.63, 3.8) is 0 Å². The molecule has 0 atom stereocenters. The Bertz CT molecular complexity index is 369. The number of rotatable bonds is 3. The predicted octanol–water partition coefficient (Wildman–Crippen LogP) is 1.61. The number of aromatic nitrogens is 1. The van der Waals surface area contributed by atoms with E-state index in [4.69, 9.17) is 9.47 Å². The molecule has 0 N–H and O–H groups in total. The molecule has 0 amide bonds. The van der Waals surface area contributed by atoms with Gasteiger partial charge in [0.1, 0.15) is 0 Å². The summed E-state index contributed by atoms with van der Waals surface area (Å²) in [7, 11) is 2.76. The molecule has 7 heteroatoms. The quantitative estimate of drug-likeness (QED) is 0.482. The van der Waals surface area contributed by atoms with E-state index in [1.165, 1.54) is 20.3 Å². The van der Waals surface area contributed by atoms with Gasteiger partial charge in [-0.15, -0.1) is 0 Å². The minimum absolute atomic E-state index is 0.0488. The molecule has 76 valence electrons. The molecule has 1 heterocycles. The van der Waals surface area contributed by atoms with E-state index < -0.39 is 4.92 Å². The standard InChI is InChI=1S/C7H7IN2O4/c1-13-6-4(8)3-5(10(11)12)7(9-6)14-2/h3H,1-2H3. The smallest absolute Gasteiger partial charge is 0.332 e. The first-order valence-corrected chi connectivity index (χ1v) is 4.61. The summed E-state index contributed by atoms with van der Waals surface area (Å²) in [5.41, 5.74) is -0.169. The van der Waals surface area contributed by atoms with Crippen molar-refractivity contribution in [2.75, 3.05) is 14.2 Å². The Balaban J connectivity index is 3.31. The van der Waals surface area contributed by atoms with E-state index in [2.05, 4.69) is 4.98 Å². The fraction of sp³-hybridized carbons (Fsp3) is 0.286. The summed E-state index contributed by atoms with van der Waals surface area (Å²) in [5.74, 6) is 0.264. The lowest BCUT2D eigenvalue weighted by Crippen LogP contribution is -2.00. The van der Waals surface area contributed by atoms with Crippen molar-refractivity contribution in [3.8, 4) is 11.8 Å². The molecule has 0 aliphatic heterocycles. The van der Waals surface area contributed by atoms with Crippen LogP contribution in [0.4, 0.5) is 5.69 Å². The first-order chi connectivity index (χ1) is 6.60. The van der Waals surface area contributed by atoms with Gasteiger partial charge in [0.15, 0.2) is 0 Å². The first-order valence-electron chi connectivity index (χ1n) is 3.53. The second-order valence-corrected chi connectivity index (χ2v) is 3.43. The lowest BCUT2D eigenvalue weighted by atomic mass is 10.4. The summed E-state index contributed by atoms with van der Waals surface area (Å²) in [6, 6.07) is 1.35. The lowest BCUT2D eigenvalue weighted by molar-refractivity contribution is -0.386. The van der Waals surface area contributed by atoms with Gasteiger partial charge < -0.3 is 9.47 Å². The maximum atomic E-state index is 10.6. The molecule has 0 bridgehead atoms. The minimum atomic E-state index is -0.548. The topological polar surface area (TPSA) is 74.5 Å². The summed E-state index contributed by atoms with van der Waals surface area (Å²) in [6.45, 7) is 0. The van der Waals surface area contributed by atoms with Gasteiger partial charge in [-0.25, -0.2) is 0 Å². The molecule has 1 aromatic heterocycles. The maximum absolute atomic E-state index is 10.6. The molecule has 14 heavy (non-hydrogen) atoms. The van der Waals surface area contributed by atoms with Gasteiger partial charge in [0.05, 0.1) is 22.7 Å². The normalized spacial score (nSPS) is 9.64. The van der Waals surface area contributed by atoms with E-state index >= 15 is 0 Å². The van der Waals surface area contributed by atoms with E-state index in [1.807, 2.05) is 22.6 Å². The lowest BCUT2D eigenvalue weighted by Gasteiger charge is -2.04. The van der Waals surface area contributed by atoms with Crippen molar-refractivity contribution in [1.29, 1.82) is 0 Å². The monoisotopic (exact) mass is 310 g/mol. The third-order valence-electron chi connectivity index (χ3n) is 1.47. The van der Waals surface area contributed by atoms with Crippen LogP contribution < -0.4 is 9.47 Å². The van der Waals surface area contributed by atoms with E-state index in [-0.39, 0.29) is 11.6 Å². The molecule has 0 spiro atoms. The van der Waals surface area contributed by atoms with Gasteiger partial charge in [-0.3, -0.25) is 10.1 Å². The highest BCUT2D eigenvalue weighted by molar-refractivity contribution is 14.1. The zero-order valence-corrected chi connectivity index (χ0v) is 9.64. The zero-order chi connectivity index (χ0) is 10.7. The van der Waals surface area contributed by atoms with Crippen LogP contribution in [-0.4, -0.2) is 24.1 Å². The Kier molecular flexibility index (Phi) is 3.44. The largest absolute Gasteiger partial charge is 0.480 e. The van der Waals surface area contributed by atoms with Crippen LogP contribution in [0, 0.1) is 13.7 Å². The van der Waals surface area contributed by atoms with Crippen molar-refractivity contribution < 1.29 is 14.4 Å². The summed E-state index contributed by atoms with van der Waals surface area (Å²) < 4.78 is 10.2. The summed E-state index contributed by atoms with van der Waals surface area (Å²) in [4.78, 5) is 13.9. The number of hydrogen-bond donors (Lipinski definition) is 0. The molecule has 1 aromatic rings. The van der Waals surface area contributed by atoms with E-state index in [9.17, 15) is 10.1 Å². The second kappa shape index (κ2) is 4.40. The van der Waals surface area contributed by atoms with Gasteiger partial charge in [0, 0.05) is 6.07 Å². The molecule has 0 aliphatic rings. The Labute approximate surface area is 93.5 Å². The first kappa shape index (κ1) is 11.0. The number of ether oxygens (including phenoxy) is 2. The van der Waals surface area contributed by atoms with E-state index in [0.29, 0.717) is 9.45 Å². The van der Waals surface area contributed by atoms with Crippen LogP contribution in [0.25, 0.3) is 0 Å². The molecule has 1 rings (SSSR count). The Morgan fingerprint density at radius 3 is 2.43 bits per heavy atom. The highest BCUT2D eigenvalue weighted by Crippen LogP contribution is 2.31. The summed E-state index contributed by atoms with van der Waals surface area (Å²) in [6.07, 6.45) is 0. The highest BCUT2D eigenvalue weighted by atomic mass is 127. The van der Waals surface area contributed by atoms with Gasteiger partial charge in [0.25, 0.3) is 5.88 Å². The number of methoxy groups -OCH3 is 2. The van der Waals surface area contributed by atoms with Crippen LogP contribution in [0.2, 0.25) is 0 Å². The maximum Gasteiger partial charge on any atom is 0.332 e. The Morgan fingerprint density at radius 1 is 1.43 bits per heavy atom. The third-order valence-corrected chi connectivity index (χ3v) is 2.25. The predicted molar refractivity (Wildman–Crippen MR) is 56.7 cm³/mol.